The second-order valence-electron chi connectivity index (χ2n) is 6.11. The lowest BCUT2D eigenvalue weighted by Gasteiger charge is -2.26. The number of morpholine rings is 1. The standard InChI is InChI=1S/C20H24N2O4/c1-24-17-7-8-18(19(13-17)25-2)20(23)21-16-5-3-15(4-6-16)14-22-9-11-26-12-10-22/h3-8,13H,9-12,14H2,1-2H3,(H,21,23). The molecule has 138 valence electrons. The van der Waals surface area contributed by atoms with Gasteiger partial charge in [-0.25, -0.2) is 0 Å². The van der Waals surface area contributed by atoms with Gasteiger partial charge >= 0.3 is 0 Å². The number of anilines is 1. The van der Waals surface area contributed by atoms with Gasteiger partial charge in [0, 0.05) is 31.4 Å². The van der Waals surface area contributed by atoms with E-state index >= 15 is 0 Å². The van der Waals surface area contributed by atoms with Crippen LogP contribution in [0.25, 0.3) is 0 Å². The van der Waals surface area contributed by atoms with E-state index < -0.39 is 0 Å². The first-order valence-electron chi connectivity index (χ1n) is 8.62. The highest BCUT2D eigenvalue weighted by Crippen LogP contribution is 2.25. The van der Waals surface area contributed by atoms with E-state index in [0.29, 0.717) is 17.1 Å². The van der Waals surface area contributed by atoms with Crippen LogP contribution in [0.5, 0.6) is 11.5 Å². The Morgan fingerprint density at radius 2 is 1.81 bits per heavy atom. The summed E-state index contributed by atoms with van der Waals surface area (Å²) in [7, 11) is 3.11. The second kappa shape index (κ2) is 8.69. The Morgan fingerprint density at radius 1 is 1.08 bits per heavy atom. The molecule has 0 atom stereocenters. The second-order valence-corrected chi connectivity index (χ2v) is 6.11. The van der Waals surface area contributed by atoms with Crippen molar-refractivity contribution in [2.24, 2.45) is 0 Å². The quantitative estimate of drug-likeness (QED) is 0.862. The average molecular weight is 356 g/mol. The Morgan fingerprint density at radius 3 is 2.46 bits per heavy atom. The Balaban J connectivity index is 1.64. The van der Waals surface area contributed by atoms with Gasteiger partial charge in [-0.1, -0.05) is 12.1 Å². The third kappa shape index (κ3) is 4.53. The minimum absolute atomic E-state index is 0.217. The maximum Gasteiger partial charge on any atom is 0.259 e. The predicted octanol–water partition coefficient (Wildman–Crippen LogP) is 2.79. The molecule has 0 spiro atoms. The summed E-state index contributed by atoms with van der Waals surface area (Å²) >= 11 is 0. The van der Waals surface area contributed by atoms with Gasteiger partial charge in [0.1, 0.15) is 11.5 Å². The van der Waals surface area contributed by atoms with Crippen molar-refractivity contribution in [1.82, 2.24) is 4.90 Å². The van der Waals surface area contributed by atoms with Crippen molar-refractivity contribution in [2.75, 3.05) is 45.8 Å². The van der Waals surface area contributed by atoms with E-state index in [1.165, 1.54) is 12.7 Å². The Labute approximate surface area is 153 Å². The fourth-order valence-electron chi connectivity index (χ4n) is 2.90. The number of hydrogen-bond donors (Lipinski definition) is 1. The summed E-state index contributed by atoms with van der Waals surface area (Å²) in [5.41, 5.74) is 2.43. The summed E-state index contributed by atoms with van der Waals surface area (Å²) in [4.78, 5) is 14.9. The molecule has 26 heavy (non-hydrogen) atoms. The zero-order valence-electron chi connectivity index (χ0n) is 15.2. The molecule has 0 aliphatic carbocycles. The maximum absolute atomic E-state index is 12.5. The highest BCUT2D eigenvalue weighted by atomic mass is 16.5. The molecule has 1 heterocycles. The van der Waals surface area contributed by atoms with Crippen LogP contribution in [0, 0.1) is 0 Å². The third-order valence-corrected chi connectivity index (χ3v) is 4.38. The maximum atomic E-state index is 12.5. The first kappa shape index (κ1) is 18.2. The number of methoxy groups -OCH3 is 2. The predicted molar refractivity (Wildman–Crippen MR) is 100 cm³/mol. The molecule has 1 saturated heterocycles. The third-order valence-electron chi connectivity index (χ3n) is 4.38. The fourth-order valence-corrected chi connectivity index (χ4v) is 2.90. The molecule has 0 unspecified atom stereocenters. The number of benzene rings is 2. The number of rotatable bonds is 6. The number of ether oxygens (including phenoxy) is 3. The number of carbonyl (C=O) groups excluding carboxylic acids is 1. The van der Waals surface area contributed by atoms with Gasteiger partial charge in [0.05, 0.1) is 33.0 Å². The van der Waals surface area contributed by atoms with E-state index in [-0.39, 0.29) is 5.91 Å². The Hall–Kier alpha value is -2.57. The lowest BCUT2D eigenvalue weighted by molar-refractivity contribution is 0.0342. The van der Waals surface area contributed by atoms with Crippen LogP contribution in [0.4, 0.5) is 5.69 Å². The molecule has 2 aromatic carbocycles. The minimum Gasteiger partial charge on any atom is -0.497 e. The van der Waals surface area contributed by atoms with Gasteiger partial charge in [-0.3, -0.25) is 9.69 Å². The van der Waals surface area contributed by atoms with Gasteiger partial charge < -0.3 is 19.5 Å². The first-order chi connectivity index (χ1) is 12.7. The monoisotopic (exact) mass is 356 g/mol. The van der Waals surface area contributed by atoms with Crippen molar-refractivity contribution in [3.8, 4) is 11.5 Å². The average Bonchev–Trinajstić information content (AvgIpc) is 2.69. The van der Waals surface area contributed by atoms with Crippen molar-refractivity contribution in [1.29, 1.82) is 0 Å². The van der Waals surface area contributed by atoms with E-state index in [0.717, 1.165) is 38.5 Å². The van der Waals surface area contributed by atoms with E-state index in [2.05, 4.69) is 10.2 Å². The van der Waals surface area contributed by atoms with Crippen molar-refractivity contribution in [3.63, 3.8) is 0 Å². The summed E-state index contributed by atoms with van der Waals surface area (Å²) < 4.78 is 15.8. The molecule has 1 aliphatic heterocycles. The molecule has 0 saturated carbocycles. The molecule has 0 aromatic heterocycles. The molecular weight excluding hydrogens is 332 g/mol. The molecule has 1 fully saturated rings. The molecule has 3 rings (SSSR count). The summed E-state index contributed by atoms with van der Waals surface area (Å²) in [5.74, 6) is 0.905. The Kier molecular flexibility index (Phi) is 6.09. The summed E-state index contributed by atoms with van der Waals surface area (Å²) in [5, 5.41) is 2.91. The molecule has 1 amide bonds. The van der Waals surface area contributed by atoms with Gasteiger partial charge in [0.25, 0.3) is 5.91 Å². The molecule has 0 bridgehead atoms. The smallest absolute Gasteiger partial charge is 0.259 e. The van der Waals surface area contributed by atoms with Crippen molar-refractivity contribution in [3.05, 3.63) is 53.6 Å². The number of carbonyl (C=O) groups is 1. The van der Waals surface area contributed by atoms with Crippen LogP contribution < -0.4 is 14.8 Å². The molecule has 6 nitrogen and oxygen atoms in total. The highest BCUT2D eigenvalue weighted by molar-refractivity contribution is 6.06. The molecule has 0 radical (unpaired) electrons. The van der Waals surface area contributed by atoms with Crippen molar-refractivity contribution in [2.45, 2.75) is 6.54 Å². The number of nitrogens with zero attached hydrogens (tertiary/aromatic N) is 1. The molecule has 1 aliphatic rings. The van der Waals surface area contributed by atoms with E-state index in [1.807, 2.05) is 24.3 Å². The van der Waals surface area contributed by atoms with Gasteiger partial charge in [0.2, 0.25) is 0 Å². The summed E-state index contributed by atoms with van der Waals surface area (Å²) in [6, 6.07) is 13.0. The van der Waals surface area contributed by atoms with Crippen LogP contribution in [0.15, 0.2) is 42.5 Å². The Bertz CT molecular complexity index is 740. The van der Waals surface area contributed by atoms with Gasteiger partial charge in [-0.15, -0.1) is 0 Å². The van der Waals surface area contributed by atoms with Crippen LogP contribution in [0.1, 0.15) is 15.9 Å². The van der Waals surface area contributed by atoms with Gasteiger partial charge in [0.15, 0.2) is 0 Å². The molecule has 6 heteroatoms. The fraction of sp³-hybridized carbons (Fsp3) is 0.350. The number of nitrogens with one attached hydrogen (secondary N) is 1. The minimum atomic E-state index is -0.217. The van der Waals surface area contributed by atoms with Crippen molar-refractivity contribution < 1.29 is 19.0 Å². The molecular formula is C20H24N2O4. The summed E-state index contributed by atoms with van der Waals surface area (Å²) in [6.45, 7) is 4.38. The van der Waals surface area contributed by atoms with E-state index in [4.69, 9.17) is 14.2 Å². The van der Waals surface area contributed by atoms with Crippen molar-refractivity contribution >= 4 is 11.6 Å². The van der Waals surface area contributed by atoms with Gasteiger partial charge in [-0.05, 0) is 29.8 Å². The number of hydrogen-bond acceptors (Lipinski definition) is 5. The molecule has 1 N–H and O–H groups in total. The molecule has 2 aromatic rings. The topological polar surface area (TPSA) is 60.0 Å². The SMILES string of the molecule is COc1ccc(C(=O)Nc2ccc(CN3CCOCC3)cc2)c(OC)c1. The number of amides is 1. The zero-order chi connectivity index (χ0) is 18.4. The first-order valence-corrected chi connectivity index (χ1v) is 8.62. The lowest BCUT2D eigenvalue weighted by Crippen LogP contribution is -2.35. The normalized spacial score (nSPS) is 14.7. The van der Waals surface area contributed by atoms with E-state index in [1.54, 1.807) is 25.3 Å². The van der Waals surface area contributed by atoms with E-state index in [9.17, 15) is 4.79 Å². The summed E-state index contributed by atoms with van der Waals surface area (Å²) in [6.07, 6.45) is 0. The lowest BCUT2D eigenvalue weighted by atomic mass is 10.1. The van der Waals surface area contributed by atoms with Gasteiger partial charge in [-0.2, -0.15) is 0 Å². The zero-order valence-corrected chi connectivity index (χ0v) is 15.2. The van der Waals surface area contributed by atoms with Crippen LogP contribution >= 0.6 is 0 Å². The largest absolute Gasteiger partial charge is 0.497 e. The van der Waals surface area contributed by atoms with Crippen LogP contribution in [0.3, 0.4) is 0 Å². The van der Waals surface area contributed by atoms with Crippen LogP contribution in [-0.4, -0.2) is 51.3 Å². The highest BCUT2D eigenvalue weighted by Gasteiger charge is 2.14. The van der Waals surface area contributed by atoms with Crippen LogP contribution in [0.2, 0.25) is 0 Å². The van der Waals surface area contributed by atoms with Crippen LogP contribution in [-0.2, 0) is 11.3 Å².